The molecule has 0 atom stereocenters. The van der Waals surface area contributed by atoms with Crippen LogP contribution in [0.2, 0.25) is 0 Å². The van der Waals surface area contributed by atoms with Crippen LogP contribution in [0.25, 0.3) is 0 Å². The van der Waals surface area contributed by atoms with E-state index in [1.54, 1.807) is 0 Å². The van der Waals surface area contributed by atoms with Gasteiger partial charge in [0, 0.05) is 12.8 Å². The molecular formula is C39H76O3. The monoisotopic (exact) mass is 593 g/mol. The number of rotatable bonds is 35. The Hall–Kier alpha value is -0.860. The van der Waals surface area contributed by atoms with Crippen molar-refractivity contribution in [1.29, 1.82) is 0 Å². The third-order valence-corrected chi connectivity index (χ3v) is 8.95. The molecule has 0 spiro atoms. The Kier molecular flexibility index (Phi) is 35.6. The quantitative estimate of drug-likeness (QED) is 0.0417. The van der Waals surface area contributed by atoms with Gasteiger partial charge in [-0.15, -0.1) is 0 Å². The summed E-state index contributed by atoms with van der Waals surface area (Å²) in [6, 6.07) is 0. The van der Waals surface area contributed by atoms with E-state index in [9.17, 15) is 9.59 Å². The molecule has 0 aromatic carbocycles. The van der Waals surface area contributed by atoms with E-state index in [-0.39, 0.29) is 11.9 Å². The lowest BCUT2D eigenvalue weighted by Gasteiger charge is -2.05. The molecule has 0 aromatic rings. The first-order valence-corrected chi connectivity index (χ1v) is 19.4. The van der Waals surface area contributed by atoms with Crippen molar-refractivity contribution in [3.8, 4) is 0 Å². The maximum absolute atomic E-state index is 11.9. The van der Waals surface area contributed by atoms with Gasteiger partial charge < -0.3 is 4.74 Å². The third-order valence-electron chi connectivity index (χ3n) is 8.95. The first kappa shape index (κ1) is 41.1. The molecule has 0 saturated carbocycles. The molecule has 0 N–H and O–H groups in total. The molecule has 0 saturated heterocycles. The topological polar surface area (TPSA) is 43.4 Å². The van der Waals surface area contributed by atoms with Gasteiger partial charge in [0.2, 0.25) is 0 Å². The van der Waals surface area contributed by atoms with Crippen LogP contribution < -0.4 is 0 Å². The summed E-state index contributed by atoms with van der Waals surface area (Å²) in [5.41, 5.74) is 0. The number of ether oxygens (including phenoxy) is 1. The van der Waals surface area contributed by atoms with Crippen LogP contribution in [0.5, 0.6) is 0 Å². The maximum atomic E-state index is 11.9. The zero-order chi connectivity index (χ0) is 30.6. The molecule has 0 heterocycles. The van der Waals surface area contributed by atoms with Crippen molar-refractivity contribution in [3.05, 3.63) is 0 Å². The molecule has 250 valence electrons. The fourth-order valence-electron chi connectivity index (χ4n) is 6.04. The van der Waals surface area contributed by atoms with Crippen LogP contribution in [0, 0.1) is 0 Å². The zero-order valence-electron chi connectivity index (χ0n) is 29.0. The normalized spacial score (nSPS) is 11.3. The number of carbonyl (C=O) groups excluding carboxylic acids is 2. The van der Waals surface area contributed by atoms with Crippen LogP contribution in [0.15, 0.2) is 0 Å². The average Bonchev–Trinajstić information content (AvgIpc) is 2.98. The average molecular weight is 593 g/mol. The first-order valence-electron chi connectivity index (χ1n) is 19.4. The molecule has 0 amide bonds. The number of hydrogen-bond acceptors (Lipinski definition) is 3. The Labute approximate surface area is 264 Å². The van der Waals surface area contributed by atoms with Crippen LogP contribution in [0.3, 0.4) is 0 Å². The van der Waals surface area contributed by atoms with E-state index in [0.29, 0.717) is 12.8 Å². The minimum absolute atomic E-state index is 0.322. The number of carbonyl (C=O) groups is 2. The Bertz CT molecular complexity index is 544. The fraction of sp³-hybridized carbons (Fsp3) is 0.949. The fourth-order valence-corrected chi connectivity index (χ4v) is 6.04. The lowest BCUT2D eigenvalue weighted by atomic mass is 10.0. The van der Waals surface area contributed by atoms with Gasteiger partial charge in [0.25, 0.3) is 0 Å². The summed E-state index contributed by atoms with van der Waals surface area (Å²) >= 11 is 0. The molecule has 42 heavy (non-hydrogen) atoms. The molecule has 0 aliphatic rings. The third kappa shape index (κ3) is 35.3. The molecule has 0 unspecified atom stereocenters. The van der Waals surface area contributed by atoms with Gasteiger partial charge in [-0.2, -0.15) is 0 Å². The lowest BCUT2D eigenvalue weighted by Crippen LogP contribution is -2.11. The molecule has 0 aliphatic carbocycles. The highest BCUT2D eigenvalue weighted by Crippen LogP contribution is 2.16. The molecule has 0 aromatic heterocycles. The van der Waals surface area contributed by atoms with Crippen LogP contribution in [-0.4, -0.2) is 11.9 Å². The highest BCUT2D eigenvalue weighted by Gasteiger charge is 2.10. The van der Waals surface area contributed by atoms with Gasteiger partial charge in [-0.05, 0) is 12.8 Å². The van der Waals surface area contributed by atoms with Gasteiger partial charge in [0.1, 0.15) is 0 Å². The van der Waals surface area contributed by atoms with Gasteiger partial charge in [-0.25, -0.2) is 0 Å². The van der Waals surface area contributed by atoms with Crippen molar-refractivity contribution in [2.75, 3.05) is 0 Å². The van der Waals surface area contributed by atoms with Crippen molar-refractivity contribution < 1.29 is 14.3 Å². The Balaban J connectivity index is 3.26. The largest absolute Gasteiger partial charge is 0.393 e. The first-order chi connectivity index (χ1) is 20.7. The molecular weight excluding hydrogens is 516 g/mol. The molecule has 3 nitrogen and oxygen atoms in total. The molecule has 0 fully saturated rings. The Morgan fingerprint density at radius 1 is 0.286 bits per heavy atom. The Morgan fingerprint density at radius 2 is 0.452 bits per heavy atom. The van der Waals surface area contributed by atoms with Gasteiger partial charge in [-0.3, -0.25) is 9.59 Å². The van der Waals surface area contributed by atoms with E-state index in [1.807, 2.05) is 0 Å². The summed E-state index contributed by atoms with van der Waals surface area (Å²) in [6.07, 6.45) is 44.5. The van der Waals surface area contributed by atoms with Crippen molar-refractivity contribution in [2.24, 2.45) is 0 Å². The second-order valence-electron chi connectivity index (χ2n) is 13.3. The second-order valence-corrected chi connectivity index (χ2v) is 13.3. The molecule has 3 heteroatoms. The minimum Gasteiger partial charge on any atom is -0.393 e. The van der Waals surface area contributed by atoms with Crippen molar-refractivity contribution in [3.63, 3.8) is 0 Å². The second kappa shape index (κ2) is 36.3. The summed E-state index contributed by atoms with van der Waals surface area (Å²) in [6.45, 7) is 4.56. The van der Waals surface area contributed by atoms with Crippen LogP contribution in [0.1, 0.15) is 239 Å². The van der Waals surface area contributed by atoms with Crippen LogP contribution in [-0.2, 0) is 14.3 Å². The Morgan fingerprint density at radius 3 is 0.643 bits per heavy atom. The summed E-state index contributed by atoms with van der Waals surface area (Å²) in [7, 11) is 0. The summed E-state index contributed by atoms with van der Waals surface area (Å²) in [4.78, 5) is 23.9. The molecule has 0 aliphatic heterocycles. The lowest BCUT2D eigenvalue weighted by molar-refractivity contribution is -0.159. The summed E-state index contributed by atoms with van der Waals surface area (Å²) in [5.74, 6) is -0.644. The molecule has 0 radical (unpaired) electrons. The molecule has 0 rings (SSSR count). The summed E-state index contributed by atoms with van der Waals surface area (Å²) < 4.78 is 5.03. The van der Waals surface area contributed by atoms with Crippen LogP contribution >= 0.6 is 0 Å². The highest BCUT2D eigenvalue weighted by atomic mass is 16.6. The standard InChI is InChI=1S/C39H76O3/c1-3-5-7-9-11-13-15-17-19-21-23-25-27-29-31-33-35-37-39(41)42-38(40)36-34-32-30-28-26-24-22-20-18-16-14-12-10-8-6-4-2/h3-37H2,1-2H3. The predicted molar refractivity (Wildman–Crippen MR) is 184 cm³/mol. The van der Waals surface area contributed by atoms with E-state index in [0.717, 1.165) is 25.7 Å². The van der Waals surface area contributed by atoms with Gasteiger partial charge in [0.15, 0.2) is 0 Å². The zero-order valence-corrected chi connectivity index (χ0v) is 29.0. The van der Waals surface area contributed by atoms with Gasteiger partial charge >= 0.3 is 11.9 Å². The van der Waals surface area contributed by atoms with E-state index in [2.05, 4.69) is 13.8 Å². The minimum atomic E-state index is -0.322. The van der Waals surface area contributed by atoms with Crippen molar-refractivity contribution in [1.82, 2.24) is 0 Å². The maximum Gasteiger partial charge on any atom is 0.313 e. The van der Waals surface area contributed by atoms with E-state index >= 15 is 0 Å². The SMILES string of the molecule is CCCCCCCCCCCCCCCCCCCC(=O)OC(=O)CCCCCCCCCCCCCCCCCC. The van der Waals surface area contributed by atoms with Gasteiger partial charge in [-0.1, -0.05) is 213 Å². The number of unbranched alkanes of at least 4 members (excludes halogenated alkanes) is 31. The van der Waals surface area contributed by atoms with Gasteiger partial charge in [0.05, 0.1) is 0 Å². The van der Waals surface area contributed by atoms with E-state index in [1.165, 1.54) is 186 Å². The van der Waals surface area contributed by atoms with Crippen molar-refractivity contribution in [2.45, 2.75) is 239 Å². The number of esters is 2. The van der Waals surface area contributed by atoms with Crippen LogP contribution in [0.4, 0.5) is 0 Å². The predicted octanol–water partition coefficient (Wildman–Crippen LogP) is 13.7. The summed E-state index contributed by atoms with van der Waals surface area (Å²) in [5, 5.41) is 0. The van der Waals surface area contributed by atoms with Crippen molar-refractivity contribution >= 4 is 11.9 Å². The molecule has 0 bridgehead atoms. The van der Waals surface area contributed by atoms with E-state index < -0.39 is 0 Å². The highest BCUT2D eigenvalue weighted by molar-refractivity contribution is 5.85. The smallest absolute Gasteiger partial charge is 0.313 e. The number of hydrogen-bond donors (Lipinski definition) is 0. The van der Waals surface area contributed by atoms with E-state index in [4.69, 9.17) is 4.74 Å².